The van der Waals surface area contributed by atoms with Crippen molar-refractivity contribution in [2.45, 2.75) is 50.9 Å². The first-order valence-corrected chi connectivity index (χ1v) is 11.2. The number of piperidine rings is 1. The van der Waals surface area contributed by atoms with Gasteiger partial charge in [0, 0.05) is 30.5 Å². The van der Waals surface area contributed by atoms with Crippen molar-refractivity contribution in [1.82, 2.24) is 25.1 Å². The Morgan fingerprint density at radius 3 is 2.81 bits per heavy atom. The van der Waals surface area contributed by atoms with Gasteiger partial charge in [-0.05, 0) is 56.5 Å². The quantitative estimate of drug-likeness (QED) is 0.669. The van der Waals surface area contributed by atoms with E-state index < -0.39 is 0 Å². The lowest BCUT2D eigenvalue weighted by Gasteiger charge is -2.30. The van der Waals surface area contributed by atoms with Crippen LogP contribution in [0.1, 0.15) is 35.7 Å². The summed E-state index contributed by atoms with van der Waals surface area (Å²) in [6.07, 6.45) is 3.84. The SMILES string of the molecule is Cc1nc(N2C[C@H]3C[C@@H]2CO3)cc(-n2ncc3cc(C)c(C4CCNCC4O)cc32)n1. The van der Waals surface area contributed by atoms with E-state index in [-0.39, 0.29) is 12.0 Å². The lowest BCUT2D eigenvalue weighted by Crippen LogP contribution is -2.39. The molecule has 6 rings (SSSR count). The fourth-order valence-corrected chi connectivity index (χ4v) is 5.46. The Bertz CT molecular complexity index is 1140. The number of aryl methyl sites for hydroxylation is 2. The molecular formula is C23H28N6O2. The van der Waals surface area contributed by atoms with Gasteiger partial charge in [0.05, 0.1) is 36.6 Å². The zero-order valence-corrected chi connectivity index (χ0v) is 18.0. The lowest BCUT2D eigenvalue weighted by molar-refractivity contribution is 0.0988. The number of anilines is 1. The van der Waals surface area contributed by atoms with Crippen LogP contribution in [0.5, 0.6) is 0 Å². The molecule has 0 spiro atoms. The predicted octanol–water partition coefficient (Wildman–Crippen LogP) is 1.85. The van der Waals surface area contributed by atoms with Gasteiger partial charge in [0.25, 0.3) is 0 Å². The molecule has 0 amide bonds. The number of rotatable bonds is 3. The van der Waals surface area contributed by atoms with Gasteiger partial charge < -0.3 is 20.1 Å². The molecule has 3 aliphatic rings. The number of benzene rings is 1. The van der Waals surface area contributed by atoms with Crippen molar-refractivity contribution in [3.63, 3.8) is 0 Å². The molecule has 3 aromatic rings. The summed E-state index contributed by atoms with van der Waals surface area (Å²) in [5.41, 5.74) is 3.41. The number of aromatic nitrogens is 4. The van der Waals surface area contributed by atoms with E-state index in [1.165, 1.54) is 11.1 Å². The Morgan fingerprint density at radius 2 is 2.03 bits per heavy atom. The van der Waals surface area contributed by atoms with Crippen molar-refractivity contribution in [3.05, 3.63) is 41.3 Å². The molecule has 162 valence electrons. The van der Waals surface area contributed by atoms with E-state index in [0.717, 1.165) is 60.9 Å². The number of fused-ring (bicyclic) bond motifs is 3. The van der Waals surface area contributed by atoms with Crippen LogP contribution in [0.25, 0.3) is 16.7 Å². The van der Waals surface area contributed by atoms with Crippen LogP contribution in [0.3, 0.4) is 0 Å². The molecule has 2 aromatic heterocycles. The predicted molar refractivity (Wildman–Crippen MR) is 118 cm³/mol. The highest BCUT2D eigenvalue weighted by Crippen LogP contribution is 2.34. The Kier molecular flexibility index (Phi) is 4.48. The van der Waals surface area contributed by atoms with Gasteiger partial charge in [0.2, 0.25) is 0 Å². The van der Waals surface area contributed by atoms with E-state index in [4.69, 9.17) is 14.7 Å². The van der Waals surface area contributed by atoms with Crippen molar-refractivity contribution >= 4 is 16.7 Å². The summed E-state index contributed by atoms with van der Waals surface area (Å²) >= 11 is 0. The third-order valence-corrected chi connectivity index (χ3v) is 7.03. The van der Waals surface area contributed by atoms with E-state index in [0.29, 0.717) is 18.7 Å². The lowest BCUT2D eigenvalue weighted by atomic mass is 9.85. The molecule has 5 heterocycles. The second kappa shape index (κ2) is 7.25. The number of morpholine rings is 1. The first-order valence-electron chi connectivity index (χ1n) is 11.2. The molecule has 0 saturated carbocycles. The highest BCUT2D eigenvalue weighted by Gasteiger charge is 2.39. The van der Waals surface area contributed by atoms with Gasteiger partial charge in [0.1, 0.15) is 11.6 Å². The third-order valence-electron chi connectivity index (χ3n) is 7.03. The van der Waals surface area contributed by atoms with Gasteiger partial charge >= 0.3 is 0 Å². The summed E-state index contributed by atoms with van der Waals surface area (Å²) in [5, 5.41) is 19.6. The highest BCUT2D eigenvalue weighted by molar-refractivity contribution is 5.82. The van der Waals surface area contributed by atoms with Gasteiger partial charge in [-0.25, -0.2) is 14.6 Å². The molecule has 8 nitrogen and oxygen atoms in total. The van der Waals surface area contributed by atoms with E-state index in [1.54, 1.807) is 0 Å². The Morgan fingerprint density at radius 1 is 1.16 bits per heavy atom. The van der Waals surface area contributed by atoms with Crippen LogP contribution in [0.4, 0.5) is 5.82 Å². The fourth-order valence-electron chi connectivity index (χ4n) is 5.46. The first-order chi connectivity index (χ1) is 15.1. The summed E-state index contributed by atoms with van der Waals surface area (Å²) in [6.45, 7) is 7.28. The van der Waals surface area contributed by atoms with Gasteiger partial charge in [-0.2, -0.15) is 5.10 Å². The third kappa shape index (κ3) is 3.21. The van der Waals surface area contributed by atoms with Crippen LogP contribution in [-0.4, -0.2) is 69.3 Å². The van der Waals surface area contributed by atoms with Gasteiger partial charge in [-0.1, -0.05) is 0 Å². The monoisotopic (exact) mass is 420 g/mol. The normalized spacial score (nSPS) is 28.0. The van der Waals surface area contributed by atoms with Crippen LogP contribution < -0.4 is 10.2 Å². The summed E-state index contributed by atoms with van der Waals surface area (Å²) in [7, 11) is 0. The molecule has 1 aromatic carbocycles. The molecule has 0 radical (unpaired) electrons. The molecular weight excluding hydrogens is 392 g/mol. The van der Waals surface area contributed by atoms with Gasteiger partial charge in [0.15, 0.2) is 5.82 Å². The maximum absolute atomic E-state index is 10.6. The molecule has 3 saturated heterocycles. The first kappa shape index (κ1) is 19.2. The molecule has 8 heteroatoms. The number of β-amino-alcohol motifs (C(OH)–C–C–N with tert-alkyl or cyclic N) is 1. The smallest absolute Gasteiger partial charge is 0.159 e. The topological polar surface area (TPSA) is 88.3 Å². The Balaban J connectivity index is 1.42. The van der Waals surface area contributed by atoms with Crippen molar-refractivity contribution < 1.29 is 9.84 Å². The number of nitrogens with zero attached hydrogens (tertiary/aromatic N) is 5. The maximum Gasteiger partial charge on any atom is 0.159 e. The Hall–Kier alpha value is -2.55. The van der Waals surface area contributed by atoms with E-state index >= 15 is 0 Å². The largest absolute Gasteiger partial charge is 0.391 e. The Labute approximate surface area is 181 Å². The summed E-state index contributed by atoms with van der Waals surface area (Å²) < 4.78 is 7.67. The second-order valence-electron chi connectivity index (χ2n) is 9.12. The van der Waals surface area contributed by atoms with Crippen LogP contribution in [0, 0.1) is 13.8 Å². The van der Waals surface area contributed by atoms with Crippen LogP contribution in [0.15, 0.2) is 24.4 Å². The average molecular weight is 421 g/mol. The number of nitrogens with one attached hydrogen (secondary N) is 1. The molecule has 3 fully saturated rings. The van der Waals surface area contributed by atoms with Crippen molar-refractivity contribution in [1.29, 1.82) is 0 Å². The molecule has 2 unspecified atom stereocenters. The minimum atomic E-state index is -0.373. The number of hydrogen-bond donors (Lipinski definition) is 2. The second-order valence-corrected chi connectivity index (χ2v) is 9.12. The zero-order chi connectivity index (χ0) is 21.1. The van der Waals surface area contributed by atoms with Gasteiger partial charge in [-0.3, -0.25) is 0 Å². The maximum atomic E-state index is 10.6. The standard InChI is InChI=1S/C23H28N6O2/c1-13-5-15-9-25-29(20(15)7-19(13)18-3-4-24-10-21(18)30)23-8-22(26-14(2)27-23)28-11-17-6-16(28)12-31-17/h5,7-9,16-18,21,24,30H,3-4,6,10-12H2,1-2H3/t16-,17-,18?,21?/m1/s1. The molecule has 4 atom stereocenters. The average Bonchev–Trinajstić information content (AvgIpc) is 3.49. The fraction of sp³-hybridized carbons (Fsp3) is 0.522. The van der Waals surface area contributed by atoms with E-state index in [2.05, 4.69) is 34.4 Å². The van der Waals surface area contributed by atoms with Crippen LogP contribution in [-0.2, 0) is 4.74 Å². The van der Waals surface area contributed by atoms with Crippen molar-refractivity contribution in [2.75, 3.05) is 31.1 Å². The van der Waals surface area contributed by atoms with E-state index in [9.17, 15) is 5.11 Å². The zero-order valence-electron chi connectivity index (χ0n) is 18.0. The molecule has 2 bridgehead atoms. The number of aliphatic hydroxyl groups excluding tert-OH is 1. The minimum Gasteiger partial charge on any atom is -0.391 e. The number of aliphatic hydroxyl groups is 1. The molecule has 2 N–H and O–H groups in total. The number of hydrogen-bond acceptors (Lipinski definition) is 7. The molecule has 31 heavy (non-hydrogen) atoms. The summed E-state index contributed by atoms with van der Waals surface area (Å²) in [6, 6.07) is 6.81. The van der Waals surface area contributed by atoms with Crippen molar-refractivity contribution in [3.8, 4) is 5.82 Å². The van der Waals surface area contributed by atoms with Crippen molar-refractivity contribution in [2.24, 2.45) is 0 Å². The van der Waals surface area contributed by atoms with Crippen LogP contribution >= 0.6 is 0 Å². The minimum absolute atomic E-state index is 0.136. The summed E-state index contributed by atoms with van der Waals surface area (Å²) in [5.74, 6) is 2.60. The molecule has 3 aliphatic heterocycles. The highest BCUT2D eigenvalue weighted by atomic mass is 16.5. The summed E-state index contributed by atoms with van der Waals surface area (Å²) in [4.78, 5) is 11.8. The molecule has 0 aliphatic carbocycles. The van der Waals surface area contributed by atoms with Gasteiger partial charge in [-0.15, -0.1) is 0 Å². The number of ether oxygens (including phenoxy) is 1. The van der Waals surface area contributed by atoms with E-state index in [1.807, 2.05) is 23.9 Å². The van der Waals surface area contributed by atoms with Crippen LogP contribution in [0.2, 0.25) is 0 Å².